The number of aliphatic hydroxyl groups is 1. The summed E-state index contributed by atoms with van der Waals surface area (Å²) in [6.45, 7) is 11.8. The van der Waals surface area contributed by atoms with Crippen LogP contribution in [0.4, 0.5) is 5.69 Å². The maximum atomic E-state index is 9.31. The number of aliphatic imine (C=N–C) groups is 1. The Hall–Kier alpha value is -2.54. The number of nitrogens with one attached hydrogen (secondary N) is 2. The highest BCUT2D eigenvalue weighted by molar-refractivity contribution is 5.79. The molecule has 0 aliphatic carbocycles. The molecule has 1 saturated heterocycles. The predicted octanol–water partition coefficient (Wildman–Crippen LogP) is 2.85. The second-order valence-electron chi connectivity index (χ2n) is 8.41. The van der Waals surface area contributed by atoms with Gasteiger partial charge in [-0.3, -0.25) is 4.68 Å². The average molecular weight is 427 g/mol. The van der Waals surface area contributed by atoms with Crippen LogP contribution >= 0.6 is 0 Å². The van der Waals surface area contributed by atoms with Crippen molar-refractivity contribution in [3.8, 4) is 0 Å². The minimum Gasteiger partial charge on any atom is -0.396 e. The van der Waals surface area contributed by atoms with E-state index in [9.17, 15) is 5.11 Å². The highest BCUT2D eigenvalue weighted by Crippen LogP contribution is 2.23. The zero-order valence-electron chi connectivity index (χ0n) is 19.3. The van der Waals surface area contributed by atoms with E-state index >= 15 is 0 Å². The van der Waals surface area contributed by atoms with E-state index < -0.39 is 0 Å². The molecule has 7 heteroatoms. The van der Waals surface area contributed by atoms with Crippen LogP contribution in [0.3, 0.4) is 0 Å². The Morgan fingerprint density at radius 2 is 1.90 bits per heavy atom. The van der Waals surface area contributed by atoms with Gasteiger partial charge in [-0.05, 0) is 69.7 Å². The summed E-state index contributed by atoms with van der Waals surface area (Å²) in [5.74, 6) is 1.32. The molecule has 0 spiro atoms. The van der Waals surface area contributed by atoms with Gasteiger partial charge in [0.05, 0.1) is 12.2 Å². The van der Waals surface area contributed by atoms with Gasteiger partial charge in [-0.25, -0.2) is 4.99 Å². The van der Waals surface area contributed by atoms with Crippen LogP contribution in [-0.4, -0.2) is 53.6 Å². The topological polar surface area (TPSA) is 77.7 Å². The fourth-order valence-electron chi connectivity index (χ4n) is 4.03. The summed E-state index contributed by atoms with van der Waals surface area (Å²) in [6.07, 6.45) is 3.13. The minimum absolute atomic E-state index is 0.315. The first kappa shape index (κ1) is 23.1. The third kappa shape index (κ3) is 6.99. The van der Waals surface area contributed by atoms with Crippen LogP contribution in [0.25, 0.3) is 0 Å². The number of aryl methyl sites for hydroxylation is 3. The average Bonchev–Trinajstić information content (AvgIpc) is 3.12. The number of hydrogen-bond donors (Lipinski definition) is 3. The number of aromatic nitrogens is 2. The molecule has 2 aromatic rings. The number of anilines is 1. The molecule has 0 radical (unpaired) electrons. The van der Waals surface area contributed by atoms with E-state index in [1.54, 1.807) is 0 Å². The molecule has 1 fully saturated rings. The summed E-state index contributed by atoms with van der Waals surface area (Å²) < 4.78 is 2.06. The zero-order valence-corrected chi connectivity index (χ0v) is 19.3. The van der Waals surface area contributed by atoms with Crippen LogP contribution in [0.1, 0.15) is 43.1 Å². The number of benzene rings is 1. The normalized spacial score (nSPS) is 15.4. The molecule has 0 bridgehead atoms. The van der Waals surface area contributed by atoms with Crippen LogP contribution in [0.15, 0.2) is 35.3 Å². The lowest BCUT2D eigenvalue weighted by molar-refractivity contribution is 0.203. The lowest BCUT2D eigenvalue weighted by Crippen LogP contribution is -2.38. The van der Waals surface area contributed by atoms with Crippen molar-refractivity contribution >= 4 is 11.6 Å². The lowest BCUT2D eigenvalue weighted by atomic mass is 9.97. The summed E-state index contributed by atoms with van der Waals surface area (Å²) in [7, 11) is 0. The number of guanidine groups is 1. The summed E-state index contributed by atoms with van der Waals surface area (Å²) >= 11 is 0. The standard InChI is InChI=1S/C24H38N6O/c1-4-25-24(26-12-5-13-30-20(3)16-19(2)28-30)27-17-21-6-8-23(9-7-21)29-14-10-22(18-31)11-15-29/h6-9,16,22,31H,4-5,10-15,17-18H2,1-3H3,(H2,25,26,27). The Bertz CT molecular complexity index is 821. The van der Waals surface area contributed by atoms with E-state index in [1.165, 1.54) is 16.9 Å². The van der Waals surface area contributed by atoms with Crippen LogP contribution in [0.2, 0.25) is 0 Å². The van der Waals surface area contributed by atoms with Crippen molar-refractivity contribution in [3.05, 3.63) is 47.3 Å². The molecule has 31 heavy (non-hydrogen) atoms. The van der Waals surface area contributed by atoms with Crippen LogP contribution < -0.4 is 15.5 Å². The van der Waals surface area contributed by atoms with Crippen molar-refractivity contribution in [2.75, 3.05) is 37.7 Å². The Morgan fingerprint density at radius 1 is 1.16 bits per heavy atom. The fourth-order valence-corrected chi connectivity index (χ4v) is 4.03. The van der Waals surface area contributed by atoms with Gasteiger partial charge in [-0.15, -0.1) is 0 Å². The summed E-state index contributed by atoms with van der Waals surface area (Å²) in [5, 5.41) is 20.6. The van der Waals surface area contributed by atoms with Gasteiger partial charge in [0.2, 0.25) is 0 Å². The van der Waals surface area contributed by atoms with Gasteiger partial charge in [0, 0.05) is 50.7 Å². The molecule has 1 aliphatic heterocycles. The van der Waals surface area contributed by atoms with Crippen molar-refractivity contribution in [1.82, 2.24) is 20.4 Å². The zero-order chi connectivity index (χ0) is 22.1. The predicted molar refractivity (Wildman–Crippen MR) is 128 cm³/mol. The van der Waals surface area contributed by atoms with Crippen molar-refractivity contribution in [2.45, 2.75) is 53.1 Å². The molecule has 0 unspecified atom stereocenters. The monoisotopic (exact) mass is 426 g/mol. The first-order valence-corrected chi connectivity index (χ1v) is 11.6. The number of piperidine rings is 1. The SMILES string of the molecule is CCNC(=NCc1ccc(N2CCC(CO)CC2)cc1)NCCCn1nc(C)cc1C. The fraction of sp³-hybridized carbons (Fsp3) is 0.583. The van der Waals surface area contributed by atoms with Crippen molar-refractivity contribution < 1.29 is 5.11 Å². The first-order valence-electron chi connectivity index (χ1n) is 11.6. The third-order valence-electron chi connectivity index (χ3n) is 5.88. The summed E-state index contributed by atoms with van der Waals surface area (Å²) in [4.78, 5) is 7.15. The molecule has 1 aromatic carbocycles. The van der Waals surface area contributed by atoms with E-state index in [4.69, 9.17) is 4.99 Å². The van der Waals surface area contributed by atoms with E-state index in [-0.39, 0.29) is 0 Å². The number of rotatable bonds is 9. The molecule has 3 N–H and O–H groups in total. The highest BCUT2D eigenvalue weighted by Gasteiger charge is 2.18. The second-order valence-corrected chi connectivity index (χ2v) is 8.41. The van der Waals surface area contributed by atoms with E-state index in [0.717, 1.165) is 63.6 Å². The number of aliphatic hydroxyl groups excluding tert-OH is 1. The summed E-state index contributed by atoms with van der Waals surface area (Å²) in [5.41, 5.74) is 4.74. The van der Waals surface area contributed by atoms with E-state index in [2.05, 4.69) is 69.5 Å². The Kier molecular flexibility index (Phi) is 8.76. The molecule has 3 rings (SSSR count). The molecule has 1 aromatic heterocycles. The Labute approximate surface area is 186 Å². The molecule has 0 amide bonds. The molecule has 0 saturated carbocycles. The molecule has 0 atom stereocenters. The molecule has 170 valence electrons. The second kappa shape index (κ2) is 11.7. The molecule has 7 nitrogen and oxygen atoms in total. The smallest absolute Gasteiger partial charge is 0.191 e. The first-order chi connectivity index (χ1) is 15.1. The van der Waals surface area contributed by atoms with Gasteiger partial charge < -0.3 is 20.6 Å². The quantitative estimate of drug-likeness (QED) is 0.327. The Balaban J connectivity index is 1.46. The molecule has 1 aliphatic rings. The van der Waals surface area contributed by atoms with Crippen LogP contribution in [0, 0.1) is 19.8 Å². The lowest BCUT2D eigenvalue weighted by Gasteiger charge is -2.32. The van der Waals surface area contributed by atoms with Gasteiger partial charge in [-0.2, -0.15) is 5.10 Å². The minimum atomic E-state index is 0.315. The van der Waals surface area contributed by atoms with Crippen LogP contribution in [0.5, 0.6) is 0 Å². The maximum Gasteiger partial charge on any atom is 0.191 e. The van der Waals surface area contributed by atoms with E-state index in [0.29, 0.717) is 19.1 Å². The third-order valence-corrected chi connectivity index (χ3v) is 5.88. The van der Waals surface area contributed by atoms with Gasteiger partial charge in [0.15, 0.2) is 5.96 Å². The largest absolute Gasteiger partial charge is 0.396 e. The Morgan fingerprint density at radius 3 is 2.52 bits per heavy atom. The van der Waals surface area contributed by atoms with Gasteiger partial charge in [0.25, 0.3) is 0 Å². The van der Waals surface area contributed by atoms with E-state index in [1.807, 2.05) is 6.92 Å². The summed E-state index contributed by atoms with van der Waals surface area (Å²) in [6, 6.07) is 10.8. The van der Waals surface area contributed by atoms with Crippen LogP contribution in [-0.2, 0) is 13.1 Å². The van der Waals surface area contributed by atoms with Crippen molar-refractivity contribution in [1.29, 1.82) is 0 Å². The molecular formula is C24H38N6O. The number of nitrogens with zero attached hydrogens (tertiary/aromatic N) is 4. The number of hydrogen-bond acceptors (Lipinski definition) is 4. The van der Waals surface area contributed by atoms with Gasteiger partial charge in [0.1, 0.15) is 0 Å². The highest BCUT2D eigenvalue weighted by atomic mass is 16.3. The van der Waals surface area contributed by atoms with Gasteiger partial charge in [-0.1, -0.05) is 12.1 Å². The van der Waals surface area contributed by atoms with Gasteiger partial charge >= 0.3 is 0 Å². The van der Waals surface area contributed by atoms with Crippen molar-refractivity contribution in [2.24, 2.45) is 10.9 Å². The van der Waals surface area contributed by atoms with Crippen molar-refractivity contribution in [3.63, 3.8) is 0 Å². The molecule has 2 heterocycles. The maximum absolute atomic E-state index is 9.31. The molecular weight excluding hydrogens is 388 g/mol.